The van der Waals surface area contributed by atoms with Crippen molar-refractivity contribution in [1.29, 1.82) is 5.26 Å². The topological polar surface area (TPSA) is 75.3 Å². The molecule has 2 aromatic carbocycles. The van der Waals surface area contributed by atoms with Crippen LogP contribution in [0.3, 0.4) is 0 Å². The number of methoxy groups -OCH3 is 1. The number of aryl methyl sites for hydroxylation is 1. The fraction of sp³-hybridized carbons (Fsp3) is 0.348. The van der Waals surface area contributed by atoms with Gasteiger partial charge >= 0.3 is 0 Å². The van der Waals surface area contributed by atoms with Gasteiger partial charge in [-0.2, -0.15) is 5.26 Å². The summed E-state index contributed by atoms with van der Waals surface area (Å²) in [6.45, 7) is 6.18. The highest BCUT2D eigenvalue weighted by atomic mass is 32.2. The lowest BCUT2D eigenvalue weighted by Gasteiger charge is -2.22. The predicted molar refractivity (Wildman–Crippen MR) is 121 cm³/mol. The van der Waals surface area contributed by atoms with Gasteiger partial charge < -0.3 is 9.30 Å². The highest BCUT2D eigenvalue weighted by Gasteiger charge is 2.23. The quantitative estimate of drug-likeness (QED) is 0.546. The van der Waals surface area contributed by atoms with Gasteiger partial charge in [0, 0.05) is 25.0 Å². The molecule has 158 valence electrons. The Morgan fingerprint density at radius 3 is 2.37 bits per heavy atom. The molecule has 0 unspecified atom stereocenters. The maximum Gasteiger partial charge on any atom is 0.237 e. The first-order valence-corrected chi connectivity index (χ1v) is 11.4. The summed E-state index contributed by atoms with van der Waals surface area (Å²) in [5.74, 6) is 0.740. The lowest BCUT2D eigenvalue weighted by atomic mass is 10.1. The molecule has 0 aliphatic carbocycles. The van der Waals surface area contributed by atoms with E-state index in [1.165, 1.54) is 4.31 Å². The van der Waals surface area contributed by atoms with Crippen molar-refractivity contribution in [1.82, 2.24) is 4.57 Å². The second-order valence-electron chi connectivity index (χ2n) is 7.48. The van der Waals surface area contributed by atoms with Crippen LogP contribution in [-0.2, 0) is 16.6 Å². The smallest absolute Gasteiger partial charge is 0.237 e. The predicted octanol–water partition coefficient (Wildman–Crippen LogP) is 4.77. The maximum absolute atomic E-state index is 12.5. The van der Waals surface area contributed by atoms with E-state index in [4.69, 9.17) is 4.74 Å². The summed E-state index contributed by atoms with van der Waals surface area (Å²) in [7, 11) is -0.217. The number of sulfonamides is 1. The number of nitriles is 1. The van der Waals surface area contributed by atoms with Crippen LogP contribution in [-0.4, -0.2) is 32.4 Å². The molecule has 1 heterocycles. The second-order valence-corrected chi connectivity index (χ2v) is 10.00. The van der Waals surface area contributed by atoms with Crippen LogP contribution in [0.1, 0.15) is 32.8 Å². The minimum absolute atomic E-state index is 0.505. The first-order valence-electron chi connectivity index (χ1n) is 9.94. The Labute approximate surface area is 178 Å². The van der Waals surface area contributed by atoms with Crippen molar-refractivity contribution >= 4 is 26.6 Å². The summed E-state index contributed by atoms with van der Waals surface area (Å²) in [5.41, 5.74) is 3.85. The number of nitrogens with zero attached hydrogens (tertiary/aromatic N) is 3. The number of fused-ring (bicyclic) bond motifs is 1. The average molecular weight is 426 g/mol. The van der Waals surface area contributed by atoms with Crippen LogP contribution in [0.5, 0.6) is 5.75 Å². The SMILES string of the molecule is CCCn1c(-c2ccc(N(C)S(=O)(=O)C(C)C)cc2)c(C#N)c2ccc(OC)cc21. The van der Waals surface area contributed by atoms with E-state index in [1.54, 1.807) is 40.1 Å². The van der Waals surface area contributed by atoms with Crippen molar-refractivity contribution in [3.63, 3.8) is 0 Å². The van der Waals surface area contributed by atoms with Crippen molar-refractivity contribution in [2.45, 2.75) is 39.0 Å². The Hall–Kier alpha value is -2.98. The molecule has 0 fully saturated rings. The monoisotopic (exact) mass is 425 g/mol. The molecule has 0 atom stereocenters. The van der Waals surface area contributed by atoms with E-state index in [0.717, 1.165) is 40.9 Å². The van der Waals surface area contributed by atoms with Crippen molar-refractivity contribution in [2.75, 3.05) is 18.5 Å². The Kier molecular flexibility index (Phi) is 6.09. The summed E-state index contributed by atoms with van der Waals surface area (Å²) in [5, 5.41) is 10.3. The summed E-state index contributed by atoms with van der Waals surface area (Å²) in [6, 6.07) is 15.4. The van der Waals surface area contributed by atoms with Crippen LogP contribution in [0.25, 0.3) is 22.2 Å². The van der Waals surface area contributed by atoms with E-state index < -0.39 is 15.3 Å². The Morgan fingerprint density at radius 2 is 1.83 bits per heavy atom. The molecular formula is C23H27N3O3S. The first-order chi connectivity index (χ1) is 14.3. The van der Waals surface area contributed by atoms with Gasteiger partial charge in [-0.1, -0.05) is 19.1 Å². The fourth-order valence-electron chi connectivity index (χ4n) is 3.62. The molecule has 0 spiro atoms. The lowest BCUT2D eigenvalue weighted by Crippen LogP contribution is -2.32. The first kappa shape index (κ1) is 21.7. The van der Waals surface area contributed by atoms with Gasteiger partial charge in [0.05, 0.1) is 34.8 Å². The van der Waals surface area contributed by atoms with Gasteiger partial charge in [0.2, 0.25) is 10.0 Å². The number of anilines is 1. The van der Waals surface area contributed by atoms with Crippen LogP contribution in [0, 0.1) is 11.3 Å². The largest absolute Gasteiger partial charge is 0.497 e. The van der Waals surface area contributed by atoms with E-state index in [1.807, 2.05) is 30.3 Å². The van der Waals surface area contributed by atoms with E-state index in [0.29, 0.717) is 11.3 Å². The van der Waals surface area contributed by atoms with Crippen LogP contribution in [0.15, 0.2) is 42.5 Å². The molecule has 0 saturated carbocycles. The molecule has 7 heteroatoms. The van der Waals surface area contributed by atoms with E-state index in [2.05, 4.69) is 17.6 Å². The number of aromatic nitrogens is 1. The molecule has 0 radical (unpaired) electrons. The van der Waals surface area contributed by atoms with Crippen molar-refractivity contribution < 1.29 is 13.2 Å². The number of ether oxygens (including phenoxy) is 1. The number of hydrogen-bond acceptors (Lipinski definition) is 4. The highest BCUT2D eigenvalue weighted by Crippen LogP contribution is 2.36. The van der Waals surface area contributed by atoms with E-state index in [9.17, 15) is 13.7 Å². The molecule has 0 aliphatic rings. The van der Waals surface area contributed by atoms with Gasteiger partial charge in [-0.25, -0.2) is 8.42 Å². The zero-order chi connectivity index (χ0) is 22.1. The van der Waals surface area contributed by atoms with E-state index in [-0.39, 0.29) is 0 Å². The average Bonchev–Trinajstić information content (AvgIpc) is 3.06. The highest BCUT2D eigenvalue weighted by molar-refractivity contribution is 7.93. The van der Waals surface area contributed by atoms with Crippen LogP contribution < -0.4 is 9.04 Å². The molecule has 0 amide bonds. The molecule has 0 N–H and O–H groups in total. The molecule has 30 heavy (non-hydrogen) atoms. The van der Waals surface area contributed by atoms with Crippen molar-refractivity contribution in [3.8, 4) is 23.1 Å². The molecule has 0 bridgehead atoms. The lowest BCUT2D eigenvalue weighted by molar-refractivity contribution is 0.415. The summed E-state index contributed by atoms with van der Waals surface area (Å²) < 4.78 is 33.8. The minimum Gasteiger partial charge on any atom is -0.497 e. The standard InChI is InChI=1S/C23H27N3O3S/c1-6-13-26-22-14-19(29-5)11-12-20(22)21(15-24)23(26)17-7-9-18(10-8-17)25(4)30(27,28)16(2)3/h7-12,14,16H,6,13H2,1-5H3. The van der Waals surface area contributed by atoms with E-state index >= 15 is 0 Å². The Bertz CT molecular complexity index is 1200. The zero-order valence-electron chi connectivity index (χ0n) is 18.0. The maximum atomic E-state index is 12.5. The molecule has 3 rings (SSSR count). The van der Waals surface area contributed by atoms with Gasteiger partial charge in [-0.15, -0.1) is 0 Å². The third kappa shape index (κ3) is 3.63. The number of hydrogen-bond donors (Lipinski definition) is 0. The molecule has 3 aromatic rings. The molecule has 0 saturated heterocycles. The summed E-state index contributed by atoms with van der Waals surface area (Å²) in [6.07, 6.45) is 0.909. The normalized spacial score (nSPS) is 11.6. The van der Waals surface area contributed by atoms with Crippen molar-refractivity contribution in [3.05, 3.63) is 48.0 Å². The number of rotatable bonds is 7. The van der Waals surface area contributed by atoms with Gasteiger partial charge in [-0.05, 0) is 50.1 Å². The van der Waals surface area contributed by atoms with Gasteiger partial charge in [0.25, 0.3) is 0 Å². The van der Waals surface area contributed by atoms with Gasteiger partial charge in [-0.3, -0.25) is 4.31 Å². The van der Waals surface area contributed by atoms with Crippen LogP contribution in [0.2, 0.25) is 0 Å². The Balaban J connectivity index is 2.17. The zero-order valence-corrected chi connectivity index (χ0v) is 18.8. The Morgan fingerprint density at radius 1 is 1.17 bits per heavy atom. The van der Waals surface area contributed by atoms with Gasteiger partial charge in [0.15, 0.2) is 0 Å². The fourth-order valence-corrected chi connectivity index (χ4v) is 4.67. The van der Waals surface area contributed by atoms with Gasteiger partial charge in [0.1, 0.15) is 11.8 Å². The summed E-state index contributed by atoms with van der Waals surface area (Å²) in [4.78, 5) is 0. The third-order valence-electron chi connectivity index (χ3n) is 5.31. The molecule has 0 aliphatic heterocycles. The van der Waals surface area contributed by atoms with Crippen LogP contribution in [0.4, 0.5) is 5.69 Å². The molecule has 6 nitrogen and oxygen atoms in total. The molecule has 1 aromatic heterocycles. The summed E-state index contributed by atoms with van der Waals surface area (Å²) >= 11 is 0. The number of benzene rings is 2. The minimum atomic E-state index is -3.40. The van der Waals surface area contributed by atoms with Crippen LogP contribution >= 0.6 is 0 Å². The second kappa shape index (κ2) is 8.41. The molecular weight excluding hydrogens is 398 g/mol. The third-order valence-corrected chi connectivity index (χ3v) is 7.48. The van der Waals surface area contributed by atoms with Crippen molar-refractivity contribution in [2.24, 2.45) is 0 Å².